The van der Waals surface area contributed by atoms with Gasteiger partial charge in [0.05, 0.1) is 12.2 Å². The van der Waals surface area contributed by atoms with Crippen LogP contribution in [0.3, 0.4) is 0 Å². The molecular formula is C14H10BrF2NO. The van der Waals surface area contributed by atoms with Crippen molar-refractivity contribution in [2.24, 2.45) is 0 Å². The van der Waals surface area contributed by atoms with Gasteiger partial charge in [0, 0.05) is 10.5 Å². The summed E-state index contributed by atoms with van der Waals surface area (Å²) in [4.78, 5) is 0. The first-order valence-corrected chi connectivity index (χ1v) is 6.57. The maximum Gasteiger partial charge on any atom is 0.143 e. The van der Waals surface area contributed by atoms with E-state index in [-0.39, 0.29) is 0 Å². The van der Waals surface area contributed by atoms with Gasteiger partial charge in [-0.3, -0.25) is 0 Å². The minimum Gasteiger partial charge on any atom is -0.482 e. The molecule has 98 valence electrons. The van der Waals surface area contributed by atoms with Gasteiger partial charge >= 0.3 is 0 Å². The summed E-state index contributed by atoms with van der Waals surface area (Å²) in [7, 11) is 0. The highest BCUT2D eigenvalue weighted by atomic mass is 79.9. The highest BCUT2D eigenvalue weighted by Crippen LogP contribution is 2.36. The van der Waals surface area contributed by atoms with Gasteiger partial charge in [-0.25, -0.2) is 8.78 Å². The Hall–Kier alpha value is -1.62. The Kier molecular flexibility index (Phi) is 3.14. The Morgan fingerprint density at radius 1 is 1.11 bits per heavy atom. The van der Waals surface area contributed by atoms with Crippen molar-refractivity contribution in [3.8, 4) is 5.75 Å². The molecule has 0 fully saturated rings. The molecule has 2 nitrogen and oxygen atoms in total. The highest BCUT2D eigenvalue weighted by Gasteiger charge is 2.22. The molecule has 0 saturated heterocycles. The monoisotopic (exact) mass is 325 g/mol. The van der Waals surface area contributed by atoms with Gasteiger partial charge in [0.15, 0.2) is 0 Å². The molecule has 0 aromatic heterocycles. The largest absolute Gasteiger partial charge is 0.482 e. The van der Waals surface area contributed by atoms with Gasteiger partial charge in [-0.2, -0.15) is 0 Å². The summed E-state index contributed by atoms with van der Waals surface area (Å²) in [6.45, 7) is 0.465. The van der Waals surface area contributed by atoms with Crippen LogP contribution in [0.5, 0.6) is 5.75 Å². The lowest BCUT2D eigenvalue weighted by Crippen LogP contribution is -2.23. The van der Waals surface area contributed by atoms with Gasteiger partial charge < -0.3 is 10.1 Å². The number of anilines is 1. The van der Waals surface area contributed by atoms with Gasteiger partial charge in [0.1, 0.15) is 23.5 Å². The second kappa shape index (κ2) is 4.81. The number of ether oxygens (including phenoxy) is 1. The number of fused-ring (bicyclic) bond motifs is 1. The standard InChI is InChI=1S/C14H10BrF2NO/c15-9-1-2-13-12(5-9)18-7-14(19-13)8-3-10(16)6-11(17)4-8/h1-6,14,18H,7H2. The van der Waals surface area contributed by atoms with E-state index in [4.69, 9.17) is 4.74 Å². The summed E-state index contributed by atoms with van der Waals surface area (Å²) in [6, 6.07) is 9.00. The predicted molar refractivity (Wildman–Crippen MR) is 72.4 cm³/mol. The average molecular weight is 326 g/mol. The molecule has 1 heterocycles. The van der Waals surface area contributed by atoms with E-state index in [2.05, 4.69) is 21.2 Å². The van der Waals surface area contributed by atoms with Crippen LogP contribution >= 0.6 is 15.9 Å². The quantitative estimate of drug-likeness (QED) is 0.845. The number of hydrogen-bond acceptors (Lipinski definition) is 2. The SMILES string of the molecule is Fc1cc(F)cc(C2CNc3cc(Br)ccc3O2)c1. The van der Waals surface area contributed by atoms with Gasteiger partial charge in [-0.05, 0) is 35.9 Å². The molecule has 2 aromatic rings. The fourth-order valence-electron chi connectivity index (χ4n) is 2.09. The smallest absolute Gasteiger partial charge is 0.143 e. The van der Waals surface area contributed by atoms with Gasteiger partial charge in [-0.15, -0.1) is 0 Å². The van der Waals surface area contributed by atoms with Crippen molar-refractivity contribution in [1.29, 1.82) is 0 Å². The van der Waals surface area contributed by atoms with Crippen LogP contribution in [0.2, 0.25) is 0 Å². The van der Waals surface area contributed by atoms with Crippen molar-refractivity contribution in [3.63, 3.8) is 0 Å². The van der Waals surface area contributed by atoms with Crippen molar-refractivity contribution in [1.82, 2.24) is 0 Å². The lowest BCUT2D eigenvalue weighted by molar-refractivity contribution is 0.209. The molecule has 1 unspecified atom stereocenters. The topological polar surface area (TPSA) is 21.3 Å². The maximum absolute atomic E-state index is 13.2. The fourth-order valence-corrected chi connectivity index (χ4v) is 2.45. The lowest BCUT2D eigenvalue weighted by Gasteiger charge is -2.27. The zero-order chi connectivity index (χ0) is 13.4. The molecule has 0 aliphatic carbocycles. The average Bonchev–Trinajstić information content (AvgIpc) is 2.37. The molecule has 1 aliphatic heterocycles. The maximum atomic E-state index is 13.2. The van der Waals surface area contributed by atoms with Crippen LogP contribution in [0.4, 0.5) is 14.5 Å². The van der Waals surface area contributed by atoms with Crippen LogP contribution in [0.15, 0.2) is 40.9 Å². The Morgan fingerprint density at radius 3 is 2.58 bits per heavy atom. The Labute approximate surface area is 117 Å². The summed E-state index contributed by atoms with van der Waals surface area (Å²) in [5.74, 6) is -0.524. The van der Waals surface area contributed by atoms with Crippen LogP contribution in [-0.2, 0) is 0 Å². The minimum atomic E-state index is -0.597. The van der Waals surface area contributed by atoms with Crippen molar-refractivity contribution in [3.05, 3.63) is 58.1 Å². The third-order valence-electron chi connectivity index (χ3n) is 2.95. The number of rotatable bonds is 1. The van der Waals surface area contributed by atoms with Crippen LogP contribution < -0.4 is 10.1 Å². The van der Waals surface area contributed by atoms with Crippen molar-refractivity contribution >= 4 is 21.6 Å². The van der Waals surface area contributed by atoms with E-state index in [1.54, 1.807) is 0 Å². The van der Waals surface area contributed by atoms with E-state index in [1.807, 2.05) is 18.2 Å². The van der Waals surface area contributed by atoms with E-state index in [0.717, 1.165) is 16.2 Å². The molecule has 1 N–H and O–H groups in total. The van der Waals surface area contributed by atoms with Crippen LogP contribution in [0, 0.1) is 11.6 Å². The van der Waals surface area contributed by atoms with Crippen LogP contribution in [0.25, 0.3) is 0 Å². The number of benzene rings is 2. The van der Waals surface area contributed by atoms with Gasteiger partial charge in [0.25, 0.3) is 0 Å². The van der Waals surface area contributed by atoms with Crippen LogP contribution in [-0.4, -0.2) is 6.54 Å². The summed E-state index contributed by atoms with van der Waals surface area (Å²) in [5.41, 5.74) is 1.35. The van der Waals surface area contributed by atoms with E-state index in [0.29, 0.717) is 17.9 Å². The molecular weight excluding hydrogens is 316 g/mol. The molecule has 5 heteroatoms. The van der Waals surface area contributed by atoms with Crippen molar-refractivity contribution < 1.29 is 13.5 Å². The number of nitrogens with one attached hydrogen (secondary N) is 1. The molecule has 1 atom stereocenters. The molecule has 3 rings (SSSR count). The van der Waals surface area contributed by atoms with E-state index in [9.17, 15) is 8.78 Å². The molecule has 0 bridgehead atoms. The summed E-state index contributed by atoms with van der Waals surface area (Å²) < 4.78 is 33.1. The zero-order valence-electron chi connectivity index (χ0n) is 9.79. The molecule has 1 aliphatic rings. The second-order valence-corrected chi connectivity index (χ2v) is 5.25. The normalized spacial score (nSPS) is 17.3. The molecule has 0 spiro atoms. The summed E-state index contributed by atoms with van der Waals surface area (Å²) in [5, 5.41) is 3.19. The van der Waals surface area contributed by atoms with Gasteiger partial charge in [-0.1, -0.05) is 15.9 Å². The Morgan fingerprint density at radius 2 is 1.84 bits per heavy atom. The van der Waals surface area contributed by atoms with Gasteiger partial charge in [0.2, 0.25) is 0 Å². The molecule has 0 radical (unpaired) electrons. The predicted octanol–water partition coefficient (Wildman–Crippen LogP) is 4.27. The van der Waals surface area contributed by atoms with E-state index >= 15 is 0 Å². The first-order chi connectivity index (χ1) is 9.11. The minimum absolute atomic E-state index is 0.404. The number of hydrogen-bond donors (Lipinski definition) is 1. The van der Waals surface area contributed by atoms with E-state index in [1.165, 1.54) is 12.1 Å². The molecule has 0 saturated carbocycles. The molecule has 2 aromatic carbocycles. The first kappa shape index (κ1) is 12.4. The van der Waals surface area contributed by atoms with Crippen LogP contribution in [0.1, 0.15) is 11.7 Å². The molecule has 19 heavy (non-hydrogen) atoms. The van der Waals surface area contributed by atoms with E-state index < -0.39 is 17.7 Å². The third-order valence-corrected chi connectivity index (χ3v) is 3.44. The number of halogens is 3. The Balaban J connectivity index is 1.91. The second-order valence-electron chi connectivity index (χ2n) is 4.33. The molecule has 0 amide bonds. The zero-order valence-corrected chi connectivity index (χ0v) is 11.4. The third kappa shape index (κ3) is 2.56. The van der Waals surface area contributed by atoms with Crippen molar-refractivity contribution in [2.75, 3.05) is 11.9 Å². The first-order valence-electron chi connectivity index (χ1n) is 5.78. The summed E-state index contributed by atoms with van der Waals surface area (Å²) in [6.07, 6.45) is -0.404. The van der Waals surface area contributed by atoms with Crippen molar-refractivity contribution in [2.45, 2.75) is 6.10 Å². The Bertz CT molecular complexity index is 613. The summed E-state index contributed by atoms with van der Waals surface area (Å²) >= 11 is 3.37. The highest BCUT2D eigenvalue weighted by molar-refractivity contribution is 9.10. The lowest BCUT2D eigenvalue weighted by atomic mass is 10.1. The fraction of sp³-hybridized carbons (Fsp3) is 0.143.